The minimum atomic E-state index is -0.0403. The fourth-order valence-electron chi connectivity index (χ4n) is 1.53. The van der Waals surface area contributed by atoms with Crippen LogP contribution in [0.15, 0.2) is 18.2 Å². The van der Waals surface area contributed by atoms with Crippen molar-refractivity contribution >= 4 is 29.1 Å². The Morgan fingerprint density at radius 2 is 2.05 bits per heavy atom. The Hall–Kier alpha value is -0.970. The number of hydrogen-bond acceptors (Lipinski definition) is 3. The maximum Gasteiger partial charge on any atom is 0.223 e. The van der Waals surface area contributed by atoms with E-state index in [2.05, 4.69) is 17.6 Å². The van der Waals surface area contributed by atoms with Crippen LogP contribution < -0.4 is 15.4 Å². The summed E-state index contributed by atoms with van der Waals surface area (Å²) in [5.41, 5.74) is 0. The number of hydrogen-bond donors (Lipinski definition) is 2. The van der Waals surface area contributed by atoms with E-state index >= 15 is 0 Å². The van der Waals surface area contributed by atoms with Gasteiger partial charge in [-0.05, 0) is 25.1 Å². The summed E-state index contributed by atoms with van der Waals surface area (Å²) in [4.78, 5) is 11.5. The molecule has 0 atom stereocenters. The summed E-state index contributed by atoms with van der Waals surface area (Å²) in [6.07, 6.45) is 1.37. The highest BCUT2D eigenvalue weighted by molar-refractivity contribution is 6.42. The van der Waals surface area contributed by atoms with Gasteiger partial charge in [-0.15, -0.1) is 0 Å². The zero-order valence-electron chi connectivity index (χ0n) is 11.5. The van der Waals surface area contributed by atoms with E-state index in [0.717, 1.165) is 19.5 Å². The molecule has 0 heterocycles. The maximum atomic E-state index is 11.5. The van der Waals surface area contributed by atoms with Crippen molar-refractivity contribution in [1.29, 1.82) is 0 Å². The first kappa shape index (κ1) is 17.1. The van der Waals surface area contributed by atoms with E-state index in [1.807, 2.05) is 0 Å². The molecule has 1 aromatic carbocycles. The topological polar surface area (TPSA) is 50.4 Å². The van der Waals surface area contributed by atoms with E-state index in [4.69, 9.17) is 27.9 Å². The van der Waals surface area contributed by atoms with E-state index in [1.54, 1.807) is 18.2 Å². The Morgan fingerprint density at radius 1 is 1.25 bits per heavy atom. The molecular formula is C14H20Cl2N2O2. The average Bonchev–Trinajstić information content (AvgIpc) is 2.43. The van der Waals surface area contributed by atoms with Crippen molar-refractivity contribution in [2.75, 3.05) is 26.2 Å². The van der Waals surface area contributed by atoms with Gasteiger partial charge >= 0.3 is 0 Å². The summed E-state index contributed by atoms with van der Waals surface area (Å²) < 4.78 is 5.44. The van der Waals surface area contributed by atoms with Crippen LogP contribution >= 0.6 is 23.2 Å². The first-order valence-electron chi connectivity index (χ1n) is 6.69. The summed E-state index contributed by atoms with van der Waals surface area (Å²) in [7, 11) is 0. The van der Waals surface area contributed by atoms with Crippen LogP contribution in [0.1, 0.15) is 19.8 Å². The highest BCUT2D eigenvalue weighted by atomic mass is 35.5. The lowest BCUT2D eigenvalue weighted by Gasteiger charge is -2.09. The molecule has 0 saturated carbocycles. The molecule has 4 nitrogen and oxygen atoms in total. The molecule has 20 heavy (non-hydrogen) atoms. The smallest absolute Gasteiger partial charge is 0.223 e. The lowest BCUT2D eigenvalue weighted by Crippen LogP contribution is -2.32. The molecule has 0 fully saturated rings. The van der Waals surface area contributed by atoms with Crippen molar-refractivity contribution in [3.05, 3.63) is 28.2 Å². The molecule has 2 N–H and O–H groups in total. The first-order valence-corrected chi connectivity index (χ1v) is 7.45. The third kappa shape index (κ3) is 6.46. The zero-order valence-corrected chi connectivity index (χ0v) is 13.1. The van der Waals surface area contributed by atoms with Crippen LogP contribution in [0, 0.1) is 0 Å². The summed E-state index contributed by atoms with van der Waals surface area (Å²) in [5, 5.41) is 6.84. The molecule has 0 unspecified atom stereocenters. The van der Waals surface area contributed by atoms with Gasteiger partial charge in [-0.2, -0.15) is 0 Å². The average molecular weight is 319 g/mol. The number of carbonyl (C=O) groups is 1. The molecule has 6 heteroatoms. The van der Waals surface area contributed by atoms with Crippen molar-refractivity contribution in [2.45, 2.75) is 19.8 Å². The second-order valence-corrected chi connectivity index (χ2v) is 5.04. The third-order valence-corrected chi connectivity index (χ3v) is 3.36. The van der Waals surface area contributed by atoms with Gasteiger partial charge in [0.05, 0.1) is 18.1 Å². The monoisotopic (exact) mass is 318 g/mol. The Labute approximate surface area is 129 Å². The fourth-order valence-corrected chi connectivity index (χ4v) is 1.88. The standard InChI is InChI=1S/C14H20Cl2N2O2/c1-2-7-17-8-9-18-13(19)6-10-20-12-5-3-4-11(15)14(12)16/h3-5,17H,2,6-10H2,1H3,(H,18,19). The Bertz CT molecular complexity index is 428. The van der Waals surface area contributed by atoms with E-state index in [9.17, 15) is 4.79 Å². The van der Waals surface area contributed by atoms with E-state index < -0.39 is 0 Å². The predicted octanol–water partition coefficient (Wildman–Crippen LogP) is 2.88. The quantitative estimate of drug-likeness (QED) is 0.688. The molecule has 0 aromatic heterocycles. The van der Waals surface area contributed by atoms with E-state index in [0.29, 0.717) is 22.3 Å². The number of carbonyl (C=O) groups excluding carboxylic acids is 1. The van der Waals surface area contributed by atoms with Crippen LogP contribution in [0.5, 0.6) is 5.75 Å². The van der Waals surface area contributed by atoms with Crippen molar-refractivity contribution < 1.29 is 9.53 Å². The molecule has 1 aromatic rings. The zero-order chi connectivity index (χ0) is 14.8. The molecule has 0 aliphatic heterocycles. The fraction of sp³-hybridized carbons (Fsp3) is 0.500. The van der Waals surface area contributed by atoms with Crippen LogP contribution in [0.4, 0.5) is 0 Å². The van der Waals surface area contributed by atoms with Crippen molar-refractivity contribution in [3.8, 4) is 5.75 Å². The van der Waals surface area contributed by atoms with Gasteiger partial charge in [-0.25, -0.2) is 0 Å². The molecule has 0 saturated heterocycles. The molecule has 1 rings (SSSR count). The molecular weight excluding hydrogens is 299 g/mol. The number of ether oxygens (including phenoxy) is 1. The number of benzene rings is 1. The van der Waals surface area contributed by atoms with Crippen LogP contribution in [0.3, 0.4) is 0 Å². The van der Waals surface area contributed by atoms with Gasteiger partial charge < -0.3 is 15.4 Å². The molecule has 0 spiro atoms. The second kappa shape index (κ2) is 9.86. The van der Waals surface area contributed by atoms with Gasteiger partial charge in [-0.1, -0.05) is 36.2 Å². The lowest BCUT2D eigenvalue weighted by atomic mass is 10.3. The van der Waals surface area contributed by atoms with Crippen molar-refractivity contribution in [2.24, 2.45) is 0 Å². The van der Waals surface area contributed by atoms with Crippen molar-refractivity contribution in [3.63, 3.8) is 0 Å². The van der Waals surface area contributed by atoms with Crippen molar-refractivity contribution in [1.82, 2.24) is 10.6 Å². The van der Waals surface area contributed by atoms with E-state index in [-0.39, 0.29) is 18.9 Å². The normalized spacial score (nSPS) is 10.3. The summed E-state index contributed by atoms with van der Waals surface area (Å²) in [6, 6.07) is 5.16. The highest BCUT2D eigenvalue weighted by Crippen LogP contribution is 2.31. The molecule has 0 aliphatic carbocycles. The molecule has 0 aliphatic rings. The predicted molar refractivity (Wildman–Crippen MR) is 82.7 cm³/mol. The first-order chi connectivity index (χ1) is 9.65. The highest BCUT2D eigenvalue weighted by Gasteiger charge is 2.06. The van der Waals surface area contributed by atoms with Gasteiger partial charge in [0, 0.05) is 13.1 Å². The van der Waals surface area contributed by atoms with Gasteiger partial charge in [0.1, 0.15) is 10.8 Å². The minimum absolute atomic E-state index is 0.0403. The van der Waals surface area contributed by atoms with Gasteiger partial charge in [0.2, 0.25) is 5.91 Å². The minimum Gasteiger partial charge on any atom is -0.491 e. The van der Waals surface area contributed by atoms with Crippen LogP contribution in [0.25, 0.3) is 0 Å². The second-order valence-electron chi connectivity index (χ2n) is 4.25. The molecule has 112 valence electrons. The van der Waals surface area contributed by atoms with Crippen LogP contribution in [-0.4, -0.2) is 32.1 Å². The number of rotatable bonds is 9. The SMILES string of the molecule is CCCNCCNC(=O)CCOc1cccc(Cl)c1Cl. The number of halogens is 2. The van der Waals surface area contributed by atoms with Crippen LogP contribution in [-0.2, 0) is 4.79 Å². The molecule has 0 radical (unpaired) electrons. The summed E-state index contributed by atoms with van der Waals surface area (Å²) >= 11 is 11.8. The lowest BCUT2D eigenvalue weighted by molar-refractivity contribution is -0.121. The van der Waals surface area contributed by atoms with E-state index in [1.165, 1.54) is 0 Å². The van der Waals surface area contributed by atoms with Gasteiger partial charge in [-0.3, -0.25) is 4.79 Å². The van der Waals surface area contributed by atoms with Gasteiger partial charge in [0.15, 0.2) is 0 Å². The Kier molecular flexibility index (Phi) is 8.42. The summed E-state index contributed by atoms with van der Waals surface area (Å²) in [5.74, 6) is 0.457. The molecule has 1 amide bonds. The number of nitrogens with one attached hydrogen (secondary N) is 2. The molecule has 0 bridgehead atoms. The maximum absolute atomic E-state index is 11.5. The Morgan fingerprint density at radius 3 is 2.80 bits per heavy atom. The van der Waals surface area contributed by atoms with Crippen LogP contribution in [0.2, 0.25) is 10.0 Å². The van der Waals surface area contributed by atoms with Gasteiger partial charge in [0.25, 0.3) is 0 Å². The number of amides is 1. The largest absolute Gasteiger partial charge is 0.491 e. The summed E-state index contributed by atoms with van der Waals surface area (Å²) in [6.45, 7) is 4.74. The third-order valence-electron chi connectivity index (χ3n) is 2.55. The Balaban J connectivity index is 2.17.